The lowest BCUT2D eigenvalue weighted by Crippen LogP contribution is -2.26. The van der Waals surface area contributed by atoms with Crippen molar-refractivity contribution in [3.63, 3.8) is 0 Å². The number of hydrogen-bond acceptors (Lipinski definition) is 5. The van der Waals surface area contributed by atoms with E-state index in [1.165, 1.54) is 23.5 Å². The highest BCUT2D eigenvalue weighted by Gasteiger charge is 2.22. The number of carbonyl (C=O) groups is 1. The highest BCUT2D eigenvalue weighted by Crippen LogP contribution is 2.26. The van der Waals surface area contributed by atoms with Crippen LogP contribution in [0.3, 0.4) is 0 Å². The summed E-state index contributed by atoms with van der Waals surface area (Å²) in [7, 11) is -0.861. The molecule has 0 aliphatic carbocycles. The van der Waals surface area contributed by atoms with E-state index >= 15 is 0 Å². The average molecular weight is 469 g/mol. The van der Waals surface area contributed by atoms with Gasteiger partial charge in [-0.1, -0.05) is 6.07 Å². The van der Waals surface area contributed by atoms with Crippen LogP contribution < -0.4 is 19.1 Å². The van der Waals surface area contributed by atoms with Crippen LogP contribution in [-0.4, -0.2) is 34.6 Å². The van der Waals surface area contributed by atoms with Crippen LogP contribution in [-0.2, 0) is 10.0 Å². The predicted molar refractivity (Wildman–Crippen MR) is 130 cm³/mol. The topological polar surface area (TPSA) is 84.9 Å². The fraction of sp³-hybridized carbons (Fsp3) is 0.240. The van der Waals surface area contributed by atoms with E-state index < -0.39 is 15.9 Å². The normalized spacial score (nSPS) is 11.2. The minimum atomic E-state index is -3.87. The minimum Gasteiger partial charge on any atom is -0.497 e. The molecule has 174 valence electrons. The molecule has 0 aliphatic rings. The van der Waals surface area contributed by atoms with Crippen LogP contribution in [0.25, 0.3) is 0 Å². The monoisotopic (exact) mass is 468 g/mol. The Labute approximate surface area is 195 Å². The van der Waals surface area contributed by atoms with Crippen molar-refractivity contribution in [2.45, 2.75) is 31.8 Å². The summed E-state index contributed by atoms with van der Waals surface area (Å²) >= 11 is 0. The van der Waals surface area contributed by atoms with Crippen LogP contribution in [0, 0.1) is 6.92 Å². The van der Waals surface area contributed by atoms with E-state index in [-0.39, 0.29) is 16.6 Å². The molecule has 0 radical (unpaired) electrons. The maximum Gasteiger partial charge on any atom is 0.264 e. The molecule has 0 aliphatic heterocycles. The maximum atomic E-state index is 13.1. The molecule has 0 aromatic heterocycles. The van der Waals surface area contributed by atoms with Gasteiger partial charge in [0.15, 0.2) is 0 Å². The highest BCUT2D eigenvalue weighted by molar-refractivity contribution is 7.92. The summed E-state index contributed by atoms with van der Waals surface area (Å²) in [5.74, 6) is 0.942. The summed E-state index contributed by atoms with van der Waals surface area (Å²) < 4.78 is 38.3. The van der Waals surface area contributed by atoms with Gasteiger partial charge in [-0.2, -0.15) is 0 Å². The highest BCUT2D eigenvalue weighted by atomic mass is 32.2. The van der Waals surface area contributed by atoms with Crippen molar-refractivity contribution >= 4 is 27.3 Å². The number of aryl methyl sites for hydroxylation is 1. The number of amides is 1. The maximum absolute atomic E-state index is 13.1. The van der Waals surface area contributed by atoms with Crippen molar-refractivity contribution in [2.24, 2.45) is 0 Å². The molecule has 0 spiro atoms. The summed E-state index contributed by atoms with van der Waals surface area (Å²) in [4.78, 5) is 12.9. The van der Waals surface area contributed by atoms with Crippen LogP contribution in [0.4, 0.5) is 11.4 Å². The molecular weight excluding hydrogens is 440 g/mol. The van der Waals surface area contributed by atoms with Crippen molar-refractivity contribution in [3.8, 4) is 11.5 Å². The van der Waals surface area contributed by atoms with Crippen LogP contribution >= 0.6 is 0 Å². The van der Waals surface area contributed by atoms with Crippen LogP contribution in [0.5, 0.6) is 11.5 Å². The van der Waals surface area contributed by atoms with Crippen molar-refractivity contribution < 1.29 is 22.7 Å². The zero-order valence-corrected chi connectivity index (χ0v) is 20.1. The lowest BCUT2D eigenvalue weighted by atomic mass is 10.1. The summed E-state index contributed by atoms with van der Waals surface area (Å²) in [6.45, 7) is 5.75. The van der Waals surface area contributed by atoms with E-state index in [9.17, 15) is 13.2 Å². The zero-order valence-electron chi connectivity index (χ0n) is 19.3. The molecule has 33 heavy (non-hydrogen) atoms. The van der Waals surface area contributed by atoms with E-state index in [1.54, 1.807) is 55.6 Å². The van der Waals surface area contributed by atoms with Gasteiger partial charge < -0.3 is 14.8 Å². The van der Waals surface area contributed by atoms with Crippen molar-refractivity contribution in [1.82, 2.24) is 0 Å². The number of rotatable bonds is 8. The first kappa shape index (κ1) is 24.1. The fourth-order valence-corrected chi connectivity index (χ4v) is 4.45. The SMILES string of the molecule is COc1ccc(N(C)S(=O)(=O)c2cccc(C(=O)Nc3ccc(OC(C)C)cc3C)c2)cc1. The third kappa shape index (κ3) is 5.64. The van der Waals surface area contributed by atoms with Crippen LogP contribution in [0.1, 0.15) is 29.8 Å². The number of methoxy groups -OCH3 is 1. The summed E-state index contributed by atoms with van der Waals surface area (Å²) in [6.07, 6.45) is 0.0468. The molecule has 0 bridgehead atoms. The van der Waals surface area contributed by atoms with Crippen molar-refractivity contribution in [1.29, 1.82) is 0 Å². The van der Waals surface area contributed by atoms with E-state index in [0.717, 1.165) is 11.3 Å². The summed E-state index contributed by atoms with van der Waals surface area (Å²) in [5.41, 5.74) is 2.18. The van der Waals surface area contributed by atoms with Gasteiger partial charge in [0.1, 0.15) is 11.5 Å². The molecule has 1 N–H and O–H groups in total. The standard InChI is InChI=1S/C25H28N2O5S/c1-17(2)32-22-13-14-24(18(3)15-22)26-25(28)19-7-6-8-23(16-19)33(29,30)27(4)20-9-11-21(31-5)12-10-20/h6-17H,1-5H3,(H,26,28). The summed E-state index contributed by atoms with van der Waals surface area (Å²) in [6, 6.07) is 18.0. The van der Waals surface area contributed by atoms with Gasteiger partial charge >= 0.3 is 0 Å². The molecule has 0 saturated carbocycles. The average Bonchev–Trinajstić information content (AvgIpc) is 2.80. The van der Waals surface area contributed by atoms with Gasteiger partial charge in [0.05, 0.1) is 23.8 Å². The fourth-order valence-electron chi connectivity index (χ4n) is 3.20. The number of anilines is 2. The molecule has 8 heteroatoms. The molecule has 7 nitrogen and oxygen atoms in total. The van der Waals surface area contributed by atoms with Gasteiger partial charge in [-0.05, 0) is 87.0 Å². The van der Waals surface area contributed by atoms with E-state index in [1.807, 2.05) is 26.8 Å². The first-order valence-corrected chi connectivity index (χ1v) is 11.9. The van der Waals surface area contributed by atoms with E-state index in [2.05, 4.69) is 5.32 Å². The lowest BCUT2D eigenvalue weighted by molar-refractivity contribution is 0.102. The molecular formula is C25H28N2O5S. The Morgan fingerprint density at radius 3 is 2.24 bits per heavy atom. The van der Waals surface area contributed by atoms with Gasteiger partial charge in [-0.15, -0.1) is 0 Å². The van der Waals surface area contributed by atoms with Gasteiger partial charge in [0.25, 0.3) is 15.9 Å². The lowest BCUT2D eigenvalue weighted by Gasteiger charge is -2.20. The molecule has 0 unspecified atom stereocenters. The third-order valence-corrected chi connectivity index (χ3v) is 6.79. The van der Waals surface area contributed by atoms with Gasteiger partial charge in [0.2, 0.25) is 0 Å². The first-order valence-electron chi connectivity index (χ1n) is 10.4. The second kappa shape index (κ2) is 9.95. The van der Waals surface area contributed by atoms with E-state index in [4.69, 9.17) is 9.47 Å². The Morgan fingerprint density at radius 1 is 0.970 bits per heavy atom. The quantitative estimate of drug-likeness (QED) is 0.510. The number of nitrogens with one attached hydrogen (secondary N) is 1. The van der Waals surface area contributed by atoms with Gasteiger partial charge in [-0.3, -0.25) is 9.10 Å². The zero-order chi connectivity index (χ0) is 24.2. The second-order valence-corrected chi connectivity index (χ2v) is 9.77. The first-order chi connectivity index (χ1) is 15.6. The molecule has 0 saturated heterocycles. The number of hydrogen-bond donors (Lipinski definition) is 1. The van der Waals surface area contributed by atoms with E-state index in [0.29, 0.717) is 17.1 Å². The van der Waals surface area contributed by atoms with Crippen LogP contribution in [0.15, 0.2) is 71.6 Å². The Morgan fingerprint density at radius 2 is 1.64 bits per heavy atom. The van der Waals surface area contributed by atoms with Crippen molar-refractivity contribution in [2.75, 3.05) is 23.8 Å². The largest absolute Gasteiger partial charge is 0.497 e. The van der Waals surface area contributed by atoms with Crippen molar-refractivity contribution in [3.05, 3.63) is 77.9 Å². The Kier molecular flexibility index (Phi) is 7.28. The molecule has 1 amide bonds. The Bertz CT molecular complexity index is 1240. The molecule has 3 aromatic carbocycles. The Hall–Kier alpha value is -3.52. The minimum absolute atomic E-state index is 0.0193. The van der Waals surface area contributed by atoms with Gasteiger partial charge in [-0.25, -0.2) is 8.42 Å². The molecule has 0 heterocycles. The van der Waals surface area contributed by atoms with Crippen LogP contribution in [0.2, 0.25) is 0 Å². The number of benzene rings is 3. The smallest absolute Gasteiger partial charge is 0.264 e. The Balaban J connectivity index is 1.81. The third-order valence-electron chi connectivity index (χ3n) is 5.01. The number of ether oxygens (including phenoxy) is 2. The van der Waals surface area contributed by atoms with Gasteiger partial charge in [0, 0.05) is 18.3 Å². The number of nitrogens with zero attached hydrogens (tertiary/aromatic N) is 1. The molecule has 3 aromatic rings. The molecule has 0 atom stereocenters. The predicted octanol–water partition coefficient (Wildman–Crippen LogP) is 4.87. The number of sulfonamides is 1. The summed E-state index contributed by atoms with van der Waals surface area (Å²) in [5, 5.41) is 2.84. The number of carbonyl (C=O) groups excluding carboxylic acids is 1. The molecule has 3 rings (SSSR count). The molecule has 0 fully saturated rings. The second-order valence-electron chi connectivity index (χ2n) is 7.80.